The van der Waals surface area contributed by atoms with Crippen LogP contribution in [-0.2, 0) is 9.47 Å². The van der Waals surface area contributed by atoms with Gasteiger partial charge in [0, 0.05) is 5.92 Å². The Balaban J connectivity index is 2.48. The Hall–Kier alpha value is -0.120. The van der Waals surface area contributed by atoms with Crippen LogP contribution in [-0.4, -0.2) is 25.0 Å². The third-order valence-corrected chi connectivity index (χ3v) is 2.22. The summed E-state index contributed by atoms with van der Waals surface area (Å²) >= 11 is 0. The first kappa shape index (κ1) is 8.97. The van der Waals surface area contributed by atoms with Gasteiger partial charge in [0.25, 0.3) is 0 Å². The van der Waals surface area contributed by atoms with E-state index in [2.05, 4.69) is 13.8 Å². The first-order valence-corrected chi connectivity index (χ1v) is 4.08. The summed E-state index contributed by atoms with van der Waals surface area (Å²) in [5.74, 6) is -0.0504. The van der Waals surface area contributed by atoms with Gasteiger partial charge in [-0.15, -0.1) is 0 Å². The van der Waals surface area contributed by atoms with Crippen LogP contribution >= 0.6 is 0 Å². The van der Waals surface area contributed by atoms with Crippen LogP contribution in [0, 0.1) is 5.92 Å². The SMILES string of the molecule is CC(C)C1(C)OCC(N)CO1. The number of rotatable bonds is 1. The first-order valence-electron chi connectivity index (χ1n) is 4.08. The summed E-state index contributed by atoms with van der Waals surface area (Å²) < 4.78 is 11.0. The lowest BCUT2D eigenvalue weighted by Crippen LogP contribution is -2.50. The zero-order valence-electron chi connectivity index (χ0n) is 7.46. The van der Waals surface area contributed by atoms with Gasteiger partial charge in [-0.05, 0) is 6.92 Å². The molecule has 1 heterocycles. The highest BCUT2D eigenvalue weighted by Crippen LogP contribution is 2.25. The van der Waals surface area contributed by atoms with E-state index in [9.17, 15) is 0 Å². The molecule has 3 heteroatoms. The lowest BCUT2D eigenvalue weighted by atomic mass is 10.0. The number of hydrogen-bond donors (Lipinski definition) is 1. The average Bonchev–Trinajstić information content (AvgIpc) is 1.95. The molecule has 0 aromatic rings. The zero-order valence-corrected chi connectivity index (χ0v) is 7.46. The molecule has 1 aliphatic rings. The Labute approximate surface area is 67.9 Å². The summed E-state index contributed by atoms with van der Waals surface area (Å²) in [4.78, 5) is 0. The molecule has 0 spiro atoms. The quantitative estimate of drug-likeness (QED) is 0.613. The maximum Gasteiger partial charge on any atom is 0.167 e. The number of hydrogen-bond acceptors (Lipinski definition) is 3. The molecule has 1 fully saturated rings. The average molecular weight is 159 g/mol. The van der Waals surface area contributed by atoms with Crippen molar-refractivity contribution in [3.05, 3.63) is 0 Å². The van der Waals surface area contributed by atoms with Gasteiger partial charge < -0.3 is 15.2 Å². The van der Waals surface area contributed by atoms with E-state index < -0.39 is 5.79 Å². The minimum absolute atomic E-state index is 0.0434. The van der Waals surface area contributed by atoms with Crippen LogP contribution in [0.2, 0.25) is 0 Å². The minimum atomic E-state index is -0.421. The highest BCUT2D eigenvalue weighted by atomic mass is 16.7. The standard InChI is InChI=1S/C8H17NO2/c1-6(2)8(3)10-4-7(9)5-11-8/h6-7H,4-5,9H2,1-3H3. The molecule has 0 aromatic carbocycles. The molecule has 0 radical (unpaired) electrons. The normalized spacial score (nSPS) is 39.5. The van der Waals surface area contributed by atoms with Crippen LogP contribution in [0.3, 0.4) is 0 Å². The zero-order chi connectivity index (χ0) is 8.48. The van der Waals surface area contributed by atoms with Crippen molar-refractivity contribution in [2.24, 2.45) is 11.7 Å². The van der Waals surface area contributed by atoms with Gasteiger partial charge >= 0.3 is 0 Å². The molecular weight excluding hydrogens is 142 g/mol. The van der Waals surface area contributed by atoms with Gasteiger partial charge in [-0.25, -0.2) is 0 Å². The van der Waals surface area contributed by atoms with E-state index in [4.69, 9.17) is 15.2 Å². The van der Waals surface area contributed by atoms with Gasteiger partial charge in [-0.3, -0.25) is 0 Å². The van der Waals surface area contributed by atoms with E-state index >= 15 is 0 Å². The number of ether oxygens (including phenoxy) is 2. The summed E-state index contributed by atoms with van der Waals surface area (Å²) in [5, 5.41) is 0. The Bertz CT molecular complexity index is 128. The molecule has 0 bridgehead atoms. The van der Waals surface area contributed by atoms with Crippen molar-refractivity contribution < 1.29 is 9.47 Å². The van der Waals surface area contributed by atoms with Crippen LogP contribution in [0.5, 0.6) is 0 Å². The fourth-order valence-electron chi connectivity index (χ4n) is 0.968. The first-order chi connectivity index (χ1) is 5.04. The molecular formula is C8H17NO2. The molecule has 1 rings (SSSR count). The minimum Gasteiger partial charge on any atom is -0.348 e. The summed E-state index contributed by atoms with van der Waals surface area (Å²) in [7, 11) is 0. The second-order valence-electron chi connectivity index (χ2n) is 3.55. The smallest absolute Gasteiger partial charge is 0.167 e. The molecule has 2 N–H and O–H groups in total. The van der Waals surface area contributed by atoms with E-state index in [-0.39, 0.29) is 6.04 Å². The molecule has 0 amide bonds. The monoisotopic (exact) mass is 159 g/mol. The maximum absolute atomic E-state index is 5.61. The fourth-order valence-corrected chi connectivity index (χ4v) is 0.968. The highest BCUT2D eigenvalue weighted by molar-refractivity contribution is 4.75. The topological polar surface area (TPSA) is 44.5 Å². The fraction of sp³-hybridized carbons (Fsp3) is 1.00. The molecule has 0 saturated carbocycles. The molecule has 0 unspecified atom stereocenters. The Morgan fingerprint density at radius 2 is 1.82 bits per heavy atom. The van der Waals surface area contributed by atoms with Gasteiger partial charge in [-0.2, -0.15) is 0 Å². The molecule has 0 atom stereocenters. The summed E-state index contributed by atoms with van der Waals surface area (Å²) in [6.07, 6.45) is 0. The van der Waals surface area contributed by atoms with Crippen molar-refractivity contribution in [1.29, 1.82) is 0 Å². The maximum atomic E-state index is 5.61. The van der Waals surface area contributed by atoms with Crippen molar-refractivity contribution >= 4 is 0 Å². The van der Waals surface area contributed by atoms with Gasteiger partial charge in [0.1, 0.15) is 0 Å². The van der Waals surface area contributed by atoms with E-state index in [0.29, 0.717) is 19.1 Å². The second-order valence-corrected chi connectivity index (χ2v) is 3.55. The van der Waals surface area contributed by atoms with E-state index in [1.54, 1.807) is 0 Å². The lowest BCUT2D eigenvalue weighted by molar-refractivity contribution is -0.282. The third kappa shape index (κ3) is 1.92. The predicted molar refractivity (Wildman–Crippen MR) is 43.1 cm³/mol. The van der Waals surface area contributed by atoms with Crippen molar-refractivity contribution in [3.63, 3.8) is 0 Å². The Kier molecular flexibility index (Phi) is 2.52. The predicted octanol–water partition coefficient (Wildman–Crippen LogP) is 0.733. The van der Waals surface area contributed by atoms with Crippen LogP contribution in [0.15, 0.2) is 0 Å². The van der Waals surface area contributed by atoms with Crippen LogP contribution in [0.1, 0.15) is 20.8 Å². The highest BCUT2D eigenvalue weighted by Gasteiger charge is 2.34. The van der Waals surface area contributed by atoms with Gasteiger partial charge in [0.15, 0.2) is 5.79 Å². The van der Waals surface area contributed by atoms with Crippen molar-refractivity contribution in [2.45, 2.75) is 32.6 Å². The molecule has 11 heavy (non-hydrogen) atoms. The summed E-state index contributed by atoms with van der Waals surface area (Å²) in [5.41, 5.74) is 5.61. The summed E-state index contributed by atoms with van der Waals surface area (Å²) in [6.45, 7) is 7.33. The van der Waals surface area contributed by atoms with Crippen molar-refractivity contribution in [3.8, 4) is 0 Å². The van der Waals surface area contributed by atoms with Gasteiger partial charge in [-0.1, -0.05) is 13.8 Å². The van der Waals surface area contributed by atoms with Crippen molar-refractivity contribution in [1.82, 2.24) is 0 Å². The molecule has 66 valence electrons. The van der Waals surface area contributed by atoms with Crippen molar-refractivity contribution in [2.75, 3.05) is 13.2 Å². The molecule has 1 saturated heterocycles. The van der Waals surface area contributed by atoms with Gasteiger partial charge in [0.05, 0.1) is 19.3 Å². The van der Waals surface area contributed by atoms with Crippen LogP contribution in [0.25, 0.3) is 0 Å². The van der Waals surface area contributed by atoms with Crippen LogP contribution < -0.4 is 5.73 Å². The second kappa shape index (κ2) is 3.09. The largest absolute Gasteiger partial charge is 0.348 e. The molecule has 3 nitrogen and oxygen atoms in total. The third-order valence-electron chi connectivity index (χ3n) is 2.22. The lowest BCUT2D eigenvalue weighted by Gasteiger charge is -2.39. The van der Waals surface area contributed by atoms with E-state index in [1.165, 1.54) is 0 Å². The van der Waals surface area contributed by atoms with E-state index in [0.717, 1.165) is 0 Å². The molecule has 0 aliphatic carbocycles. The number of nitrogens with two attached hydrogens (primary N) is 1. The molecule has 1 aliphatic heterocycles. The molecule has 0 aromatic heterocycles. The Morgan fingerprint density at radius 3 is 2.18 bits per heavy atom. The van der Waals surface area contributed by atoms with E-state index in [1.807, 2.05) is 6.92 Å². The van der Waals surface area contributed by atoms with Gasteiger partial charge in [0.2, 0.25) is 0 Å². The summed E-state index contributed by atoms with van der Waals surface area (Å²) in [6, 6.07) is 0.0434. The van der Waals surface area contributed by atoms with Crippen LogP contribution in [0.4, 0.5) is 0 Å². The Morgan fingerprint density at radius 1 is 1.36 bits per heavy atom.